The zero-order chi connectivity index (χ0) is 27.8. The summed E-state index contributed by atoms with van der Waals surface area (Å²) in [4.78, 5) is 28.7. The first-order chi connectivity index (χ1) is 18.8. The average Bonchev–Trinajstić information content (AvgIpc) is 3.48. The van der Waals surface area contributed by atoms with E-state index >= 15 is 0 Å². The molecule has 206 valence electrons. The summed E-state index contributed by atoms with van der Waals surface area (Å²) in [6.45, 7) is 1.33. The Hall–Kier alpha value is -3.85. The first-order valence-electron chi connectivity index (χ1n) is 13.2. The predicted molar refractivity (Wildman–Crippen MR) is 151 cm³/mol. The van der Waals surface area contributed by atoms with Gasteiger partial charge in [0.25, 0.3) is 10.0 Å². The van der Waals surface area contributed by atoms with Crippen LogP contribution in [0.1, 0.15) is 38.2 Å². The number of ether oxygens (including phenoxy) is 1. The summed E-state index contributed by atoms with van der Waals surface area (Å²) in [5, 5.41) is 3.07. The molecule has 0 spiro atoms. The Bertz CT molecular complexity index is 1360. The highest BCUT2D eigenvalue weighted by Crippen LogP contribution is 2.32. The molecule has 2 amide bonds. The smallest absolute Gasteiger partial charge is 0.264 e. The summed E-state index contributed by atoms with van der Waals surface area (Å²) in [6, 6.07) is 23.3. The van der Waals surface area contributed by atoms with Gasteiger partial charge in [0.2, 0.25) is 11.8 Å². The van der Waals surface area contributed by atoms with Gasteiger partial charge in [-0.25, -0.2) is 8.42 Å². The van der Waals surface area contributed by atoms with E-state index < -0.39 is 28.5 Å². The lowest BCUT2D eigenvalue weighted by Gasteiger charge is -2.32. The van der Waals surface area contributed by atoms with E-state index in [0.717, 1.165) is 35.6 Å². The average molecular weight is 550 g/mol. The summed E-state index contributed by atoms with van der Waals surface area (Å²) in [5.41, 5.74) is 1.07. The van der Waals surface area contributed by atoms with Crippen molar-refractivity contribution < 1.29 is 22.7 Å². The molecule has 9 heteroatoms. The number of para-hydroxylation sites is 2. The van der Waals surface area contributed by atoms with Crippen molar-refractivity contribution in [2.75, 3.05) is 18.0 Å². The molecule has 0 bridgehead atoms. The number of anilines is 1. The molecule has 0 aliphatic heterocycles. The van der Waals surface area contributed by atoms with Crippen LogP contribution in [0.25, 0.3) is 0 Å². The van der Waals surface area contributed by atoms with Gasteiger partial charge in [0, 0.05) is 12.6 Å². The van der Waals surface area contributed by atoms with Gasteiger partial charge in [-0.2, -0.15) is 0 Å². The highest BCUT2D eigenvalue weighted by atomic mass is 32.2. The van der Waals surface area contributed by atoms with Gasteiger partial charge in [-0.3, -0.25) is 13.9 Å². The maximum Gasteiger partial charge on any atom is 0.264 e. The molecule has 39 heavy (non-hydrogen) atoms. The van der Waals surface area contributed by atoms with Crippen LogP contribution in [0.2, 0.25) is 0 Å². The minimum Gasteiger partial charge on any atom is -0.495 e. The van der Waals surface area contributed by atoms with Gasteiger partial charge in [0.15, 0.2) is 0 Å². The molecular weight excluding hydrogens is 514 g/mol. The van der Waals surface area contributed by atoms with Crippen molar-refractivity contribution in [3.8, 4) is 5.75 Å². The van der Waals surface area contributed by atoms with Crippen LogP contribution in [0.5, 0.6) is 5.75 Å². The fraction of sp³-hybridized carbons (Fsp3) is 0.333. The standard InChI is InChI=1S/C30H35N3O5S/c1-23(30(35)31-25-15-9-10-16-25)32(21-24-13-5-3-6-14-24)29(34)22-33(27-19-11-12-20-28(27)38-2)39(36,37)26-17-7-4-8-18-26/h3-8,11-14,17-20,23,25H,9-10,15-16,21-22H2,1-2H3,(H,31,35)/t23-/m0/s1. The molecule has 8 nitrogen and oxygen atoms in total. The summed E-state index contributed by atoms with van der Waals surface area (Å²) >= 11 is 0. The Labute approximate surface area is 230 Å². The van der Waals surface area contributed by atoms with Crippen molar-refractivity contribution in [3.05, 3.63) is 90.5 Å². The third kappa shape index (κ3) is 6.78. The molecule has 0 heterocycles. The van der Waals surface area contributed by atoms with Crippen molar-refractivity contribution in [1.29, 1.82) is 0 Å². The fourth-order valence-corrected chi connectivity index (χ4v) is 6.27. The molecule has 1 atom stereocenters. The molecule has 0 radical (unpaired) electrons. The van der Waals surface area contributed by atoms with Crippen molar-refractivity contribution in [2.45, 2.75) is 56.1 Å². The minimum atomic E-state index is -4.15. The quantitative estimate of drug-likeness (QED) is 0.383. The van der Waals surface area contributed by atoms with E-state index in [1.807, 2.05) is 30.3 Å². The van der Waals surface area contributed by atoms with Crippen LogP contribution in [0.3, 0.4) is 0 Å². The Morgan fingerprint density at radius 3 is 2.15 bits per heavy atom. The second-order valence-electron chi connectivity index (χ2n) is 9.67. The molecule has 1 aliphatic carbocycles. The number of amides is 2. The Balaban J connectivity index is 1.69. The first kappa shape index (κ1) is 28.2. The van der Waals surface area contributed by atoms with Crippen LogP contribution in [-0.2, 0) is 26.2 Å². The fourth-order valence-electron chi connectivity index (χ4n) is 4.82. The molecule has 0 unspecified atom stereocenters. The Morgan fingerprint density at radius 2 is 1.51 bits per heavy atom. The molecule has 0 saturated heterocycles. The first-order valence-corrected chi connectivity index (χ1v) is 14.6. The zero-order valence-electron chi connectivity index (χ0n) is 22.3. The molecule has 3 aromatic rings. The highest BCUT2D eigenvalue weighted by Gasteiger charge is 2.34. The van der Waals surface area contributed by atoms with Gasteiger partial charge >= 0.3 is 0 Å². The summed E-state index contributed by atoms with van der Waals surface area (Å²) in [6.07, 6.45) is 3.97. The lowest BCUT2D eigenvalue weighted by atomic mass is 10.1. The number of hydrogen-bond donors (Lipinski definition) is 1. The van der Waals surface area contributed by atoms with Gasteiger partial charge in [-0.15, -0.1) is 0 Å². The summed E-state index contributed by atoms with van der Waals surface area (Å²) in [5.74, 6) is -0.439. The second-order valence-corrected chi connectivity index (χ2v) is 11.5. The van der Waals surface area contributed by atoms with E-state index in [1.54, 1.807) is 49.4 Å². The minimum absolute atomic E-state index is 0.0466. The number of sulfonamides is 1. The number of benzene rings is 3. The molecule has 1 N–H and O–H groups in total. The van der Waals surface area contributed by atoms with Crippen molar-refractivity contribution in [1.82, 2.24) is 10.2 Å². The molecule has 1 aliphatic rings. The van der Waals surface area contributed by atoms with Crippen LogP contribution in [-0.4, -0.2) is 50.9 Å². The topological polar surface area (TPSA) is 96.0 Å². The number of methoxy groups -OCH3 is 1. The normalized spacial score (nSPS) is 14.4. The van der Waals surface area contributed by atoms with E-state index in [-0.39, 0.29) is 29.1 Å². The molecule has 0 aromatic heterocycles. The molecule has 1 saturated carbocycles. The monoisotopic (exact) mass is 549 g/mol. The predicted octanol–water partition coefficient (Wildman–Crippen LogP) is 4.37. The van der Waals surface area contributed by atoms with Crippen LogP contribution < -0.4 is 14.4 Å². The second kappa shape index (κ2) is 12.8. The highest BCUT2D eigenvalue weighted by molar-refractivity contribution is 7.92. The van der Waals surface area contributed by atoms with Crippen molar-refractivity contribution in [3.63, 3.8) is 0 Å². The van der Waals surface area contributed by atoms with Gasteiger partial charge < -0.3 is 15.0 Å². The van der Waals surface area contributed by atoms with Gasteiger partial charge in [-0.05, 0) is 49.6 Å². The molecular formula is C30H35N3O5S. The van der Waals surface area contributed by atoms with E-state index in [9.17, 15) is 18.0 Å². The lowest BCUT2D eigenvalue weighted by molar-refractivity contribution is -0.139. The van der Waals surface area contributed by atoms with Crippen LogP contribution in [0, 0.1) is 0 Å². The van der Waals surface area contributed by atoms with E-state index in [1.165, 1.54) is 24.1 Å². The van der Waals surface area contributed by atoms with Gasteiger partial charge in [0.1, 0.15) is 18.3 Å². The van der Waals surface area contributed by atoms with Gasteiger partial charge in [-0.1, -0.05) is 73.5 Å². The van der Waals surface area contributed by atoms with Crippen LogP contribution in [0.15, 0.2) is 89.8 Å². The van der Waals surface area contributed by atoms with E-state index in [4.69, 9.17) is 4.74 Å². The largest absolute Gasteiger partial charge is 0.495 e. The lowest BCUT2D eigenvalue weighted by Crippen LogP contribution is -2.52. The number of rotatable bonds is 11. The molecule has 1 fully saturated rings. The number of carbonyl (C=O) groups excluding carboxylic acids is 2. The number of nitrogens with zero attached hydrogens (tertiary/aromatic N) is 2. The zero-order valence-corrected chi connectivity index (χ0v) is 23.1. The molecule has 4 rings (SSSR count). The number of nitrogens with one attached hydrogen (secondary N) is 1. The Kier molecular flexibility index (Phi) is 9.24. The van der Waals surface area contributed by atoms with E-state index in [0.29, 0.717) is 5.75 Å². The molecule has 3 aromatic carbocycles. The van der Waals surface area contributed by atoms with E-state index in [2.05, 4.69) is 5.32 Å². The van der Waals surface area contributed by atoms with Crippen molar-refractivity contribution >= 4 is 27.5 Å². The third-order valence-corrected chi connectivity index (χ3v) is 8.80. The van der Waals surface area contributed by atoms with Gasteiger partial charge in [0.05, 0.1) is 17.7 Å². The van der Waals surface area contributed by atoms with Crippen molar-refractivity contribution in [2.24, 2.45) is 0 Å². The number of carbonyl (C=O) groups is 2. The summed E-state index contributed by atoms with van der Waals surface area (Å²) in [7, 11) is -2.70. The number of hydrogen-bond acceptors (Lipinski definition) is 5. The van der Waals surface area contributed by atoms with Crippen LogP contribution in [0.4, 0.5) is 5.69 Å². The Morgan fingerprint density at radius 1 is 0.923 bits per heavy atom. The maximum atomic E-state index is 14.0. The summed E-state index contributed by atoms with van der Waals surface area (Å²) < 4.78 is 34.3. The van der Waals surface area contributed by atoms with Crippen LogP contribution >= 0.6 is 0 Å². The SMILES string of the molecule is COc1ccccc1N(CC(=O)N(Cc1ccccc1)[C@@H](C)C(=O)NC1CCCC1)S(=O)(=O)c1ccccc1. The third-order valence-electron chi connectivity index (χ3n) is 7.03. The maximum absolute atomic E-state index is 14.0.